The number of hydrogen-bond acceptors (Lipinski definition) is 6. The van der Waals surface area contributed by atoms with E-state index in [4.69, 9.17) is 4.74 Å². The molecule has 228 valence electrons. The average molecular weight is 605 g/mol. The Balaban J connectivity index is 1.19. The van der Waals surface area contributed by atoms with Crippen LogP contribution in [0.4, 0.5) is 9.59 Å². The van der Waals surface area contributed by atoms with Crippen molar-refractivity contribution in [3.05, 3.63) is 75.7 Å². The minimum Gasteiger partial charge on any atom is -0.479 e. The van der Waals surface area contributed by atoms with Crippen molar-refractivity contribution in [1.29, 1.82) is 0 Å². The highest BCUT2D eigenvalue weighted by atomic mass is 32.1. The third-order valence-corrected chi connectivity index (χ3v) is 9.68. The maximum atomic E-state index is 13.5. The first-order chi connectivity index (χ1) is 20.4. The number of nitrogens with zero attached hydrogens (tertiary/aromatic N) is 4. The maximum Gasteiger partial charge on any atom is 0.409 e. The lowest BCUT2D eigenvalue weighted by Crippen LogP contribution is -2.66. The van der Waals surface area contributed by atoms with Crippen LogP contribution in [-0.2, 0) is 22.6 Å². The zero-order valence-corrected chi connectivity index (χ0v) is 26.5. The van der Waals surface area contributed by atoms with Gasteiger partial charge < -0.3 is 24.5 Å². The summed E-state index contributed by atoms with van der Waals surface area (Å²) in [7, 11) is 1.69. The average Bonchev–Trinajstić information content (AvgIpc) is 3.63. The van der Waals surface area contributed by atoms with Crippen LogP contribution < -0.4 is 0 Å². The van der Waals surface area contributed by atoms with Crippen LogP contribution in [0.2, 0.25) is 0 Å². The van der Waals surface area contributed by atoms with Crippen molar-refractivity contribution in [3.63, 3.8) is 0 Å². The number of benzene rings is 2. The molecule has 1 saturated heterocycles. The predicted octanol–water partition coefficient (Wildman–Crippen LogP) is 6.29. The van der Waals surface area contributed by atoms with E-state index < -0.39 is 23.0 Å². The Morgan fingerprint density at radius 3 is 2.23 bits per heavy atom. The van der Waals surface area contributed by atoms with E-state index in [9.17, 15) is 19.5 Å². The zero-order valence-electron chi connectivity index (χ0n) is 25.7. The third kappa shape index (κ3) is 5.37. The van der Waals surface area contributed by atoms with Gasteiger partial charge in [-0.3, -0.25) is 0 Å². The van der Waals surface area contributed by atoms with E-state index in [0.717, 1.165) is 16.1 Å². The van der Waals surface area contributed by atoms with Gasteiger partial charge in [-0.1, -0.05) is 83.1 Å². The number of urea groups is 1. The summed E-state index contributed by atoms with van der Waals surface area (Å²) in [5, 5.41) is 12.9. The van der Waals surface area contributed by atoms with Gasteiger partial charge in [0, 0.05) is 31.4 Å². The van der Waals surface area contributed by atoms with Gasteiger partial charge in [0.2, 0.25) is 0 Å². The van der Waals surface area contributed by atoms with Gasteiger partial charge >= 0.3 is 18.1 Å². The van der Waals surface area contributed by atoms with Crippen molar-refractivity contribution in [2.45, 2.75) is 59.2 Å². The second-order valence-corrected chi connectivity index (χ2v) is 13.7. The van der Waals surface area contributed by atoms with Crippen LogP contribution in [0.5, 0.6) is 0 Å². The molecule has 1 aliphatic carbocycles. The summed E-state index contributed by atoms with van der Waals surface area (Å²) in [5.41, 5.74) is 3.38. The summed E-state index contributed by atoms with van der Waals surface area (Å²) in [6, 6.07) is 16.2. The van der Waals surface area contributed by atoms with Gasteiger partial charge in [-0.15, -0.1) is 11.3 Å². The monoisotopic (exact) mass is 604 g/mol. The van der Waals surface area contributed by atoms with Gasteiger partial charge in [-0.05, 0) is 33.6 Å². The van der Waals surface area contributed by atoms with Crippen LogP contribution in [0.3, 0.4) is 0 Å². The molecule has 2 heterocycles. The topological polar surface area (TPSA) is 103 Å². The fourth-order valence-corrected chi connectivity index (χ4v) is 7.82. The van der Waals surface area contributed by atoms with Gasteiger partial charge in [0.1, 0.15) is 17.2 Å². The quantitative estimate of drug-likeness (QED) is 0.308. The molecule has 9 nitrogen and oxygen atoms in total. The van der Waals surface area contributed by atoms with Crippen LogP contribution in [0.1, 0.15) is 62.4 Å². The van der Waals surface area contributed by atoms with Gasteiger partial charge in [0.15, 0.2) is 0 Å². The number of rotatable bonds is 9. The lowest BCUT2D eigenvalue weighted by molar-refractivity contribution is -0.161. The molecule has 5 rings (SSSR count). The van der Waals surface area contributed by atoms with E-state index in [-0.39, 0.29) is 37.6 Å². The number of ether oxygens (including phenoxy) is 1. The van der Waals surface area contributed by atoms with Crippen LogP contribution >= 0.6 is 11.3 Å². The van der Waals surface area contributed by atoms with E-state index in [1.165, 1.54) is 32.3 Å². The molecule has 1 unspecified atom stereocenters. The Hall–Kier alpha value is -3.92. The molecule has 1 fully saturated rings. The second-order valence-electron chi connectivity index (χ2n) is 12.7. The van der Waals surface area contributed by atoms with Gasteiger partial charge in [0.25, 0.3) is 0 Å². The fourth-order valence-electron chi connectivity index (χ4n) is 6.98. The SMILES string of the molecule is CC(C)C(C(=O)O)(N1CCN(Cc2csc(CN(C)C(=O)OCC3c4ccccc4-c4ccccc43)n2)C1=O)C(C)(C)C. The third-order valence-electron chi connectivity index (χ3n) is 8.80. The first-order valence-electron chi connectivity index (χ1n) is 14.7. The summed E-state index contributed by atoms with van der Waals surface area (Å²) in [6.45, 7) is 10.9. The molecule has 0 bridgehead atoms. The molecule has 1 atom stereocenters. The Labute approximate surface area is 257 Å². The van der Waals surface area contributed by atoms with Crippen molar-refractivity contribution < 1.29 is 24.2 Å². The van der Waals surface area contributed by atoms with E-state index in [2.05, 4.69) is 29.2 Å². The van der Waals surface area contributed by atoms with Crippen LogP contribution in [0.15, 0.2) is 53.9 Å². The minimum absolute atomic E-state index is 0.0115. The van der Waals surface area contributed by atoms with Crippen LogP contribution in [0.25, 0.3) is 11.1 Å². The normalized spacial score (nSPS) is 16.3. The molecule has 0 radical (unpaired) electrons. The van der Waals surface area contributed by atoms with E-state index in [1.54, 1.807) is 11.9 Å². The molecule has 43 heavy (non-hydrogen) atoms. The molecule has 3 aromatic rings. The molecule has 3 amide bonds. The second kappa shape index (κ2) is 11.6. The molecular weight excluding hydrogens is 564 g/mol. The van der Waals surface area contributed by atoms with Crippen molar-refractivity contribution in [3.8, 4) is 11.1 Å². The summed E-state index contributed by atoms with van der Waals surface area (Å²) in [6.07, 6.45) is -0.426. The Morgan fingerprint density at radius 2 is 1.67 bits per heavy atom. The molecular formula is C33H40N4O5S. The Kier molecular flexibility index (Phi) is 8.26. The smallest absolute Gasteiger partial charge is 0.409 e. The molecule has 1 N–H and O–H groups in total. The van der Waals surface area contributed by atoms with Gasteiger partial charge in [-0.25, -0.2) is 19.4 Å². The molecule has 2 aliphatic rings. The highest BCUT2D eigenvalue weighted by Crippen LogP contribution is 2.45. The summed E-state index contributed by atoms with van der Waals surface area (Å²) in [4.78, 5) is 48.5. The number of amides is 3. The maximum absolute atomic E-state index is 13.5. The van der Waals surface area contributed by atoms with Crippen LogP contribution in [0, 0.1) is 11.3 Å². The standard InChI is InChI=1S/C33H40N4O5S/c1-21(2)33(29(38)39,32(3,4)5)37-16-15-36(30(37)40)17-22-20-43-28(34-22)18-35(6)31(41)42-19-27-25-13-9-7-11-23(25)24-12-8-10-14-26(24)27/h7-14,20-21,27H,15-19H2,1-6H3,(H,38,39). The molecule has 10 heteroatoms. The number of fused-ring (bicyclic) bond motifs is 3. The number of carboxylic acids is 1. The van der Waals surface area contributed by atoms with Crippen molar-refractivity contribution in [2.24, 2.45) is 11.3 Å². The minimum atomic E-state index is -1.34. The van der Waals surface area contributed by atoms with Crippen molar-refractivity contribution >= 4 is 29.4 Å². The number of aliphatic carboxylic acids is 1. The number of hydrogen-bond donors (Lipinski definition) is 1. The molecule has 0 saturated carbocycles. The number of carboxylic acid groups (broad SMARTS) is 1. The predicted molar refractivity (Wildman–Crippen MR) is 166 cm³/mol. The van der Waals surface area contributed by atoms with Crippen LogP contribution in [-0.4, -0.2) is 75.2 Å². The molecule has 1 aliphatic heterocycles. The summed E-state index contributed by atoms with van der Waals surface area (Å²) in [5.74, 6) is -1.28. The summed E-state index contributed by atoms with van der Waals surface area (Å²) >= 11 is 1.42. The van der Waals surface area contributed by atoms with Crippen molar-refractivity contribution in [2.75, 3.05) is 26.7 Å². The first-order valence-corrected chi connectivity index (χ1v) is 15.5. The van der Waals surface area contributed by atoms with Crippen molar-refractivity contribution in [1.82, 2.24) is 19.7 Å². The molecule has 2 aromatic carbocycles. The molecule has 0 spiro atoms. The number of thiazole rings is 1. The van der Waals surface area contributed by atoms with E-state index >= 15 is 0 Å². The highest BCUT2D eigenvalue weighted by Gasteiger charge is 2.59. The van der Waals surface area contributed by atoms with Gasteiger partial charge in [-0.2, -0.15) is 0 Å². The lowest BCUT2D eigenvalue weighted by atomic mass is 9.66. The molecule has 1 aromatic heterocycles. The largest absolute Gasteiger partial charge is 0.479 e. The summed E-state index contributed by atoms with van der Waals surface area (Å²) < 4.78 is 5.77. The lowest BCUT2D eigenvalue weighted by Gasteiger charge is -2.49. The van der Waals surface area contributed by atoms with Gasteiger partial charge in [0.05, 0.1) is 18.8 Å². The van der Waals surface area contributed by atoms with E-state index in [0.29, 0.717) is 18.8 Å². The number of aromatic nitrogens is 1. The fraction of sp³-hybridized carbons (Fsp3) is 0.455. The number of carbonyl (C=O) groups is 3. The number of carbonyl (C=O) groups excluding carboxylic acids is 2. The van der Waals surface area contributed by atoms with E-state index in [1.807, 2.05) is 64.3 Å². The Bertz CT molecular complexity index is 1480. The highest BCUT2D eigenvalue weighted by molar-refractivity contribution is 7.09. The Morgan fingerprint density at radius 1 is 1.07 bits per heavy atom. The first kappa shape index (κ1) is 30.5. The zero-order chi connectivity index (χ0) is 31.1.